The minimum absolute atomic E-state index is 0.306. The van der Waals surface area contributed by atoms with Gasteiger partial charge in [0.1, 0.15) is 6.10 Å². The summed E-state index contributed by atoms with van der Waals surface area (Å²) in [6.45, 7) is 8.09. The highest BCUT2D eigenvalue weighted by molar-refractivity contribution is 6.30. The fourth-order valence-corrected chi connectivity index (χ4v) is 2.22. The van der Waals surface area contributed by atoms with E-state index in [2.05, 4.69) is 6.58 Å². The van der Waals surface area contributed by atoms with Crippen molar-refractivity contribution in [3.63, 3.8) is 0 Å². The minimum atomic E-state index is -0.620. The zero-order valence-corrected chi connectivity index (χ0v) is 12.0. The molecule has 0 aliphatic carbocycles. The molecule has 1 aromatic carbocycles. The molecule has 1 heterocycles. The van der Waals surface area contributed by atoms with Crippen LogP contribution in [-0.2, 0) is 9.47 Å². The number of hydrogen-bond acceptors (Lipinski definition) is 3. The highest BCUT2D eigenvalue weighted by Gasteiger charge is 2.36. The molecule has 104 valence electrons. The monoisotopic (exact) mass is 282 g/mol. The van der Waals surface area contributed by atoms with Gasteiger partial charge < -0.3 is 14.6 Å². The van der Waals surface area contributed by atoms with E-state index in [0.29, 0.717) is 18.1 Å². The summed E-state index contributed by atoms with van der Waals surface area (Å²) < 4.78 is 11.1. The summed E-state index contributed by atoms with van der Waals surface area (Å²) in [5, 5.41) is 10.9. The molecule has 2 rings (SSSR count). The molecule has 4 heteroatoms. The molecule has 3 nitrogen and oxygen atoms in total. The molecule has 0 spiro atoms. The number of hydrogen-bond donors (Lipinski definition) is 1. The molecule has 1 aliphatic heterocycles. The summed E-state index contributed by atoms with van der Waals surface area (Å²) >= 11 is 5.84. The van der Waals surface area contributed by atoms with Crippen molar-refractivity contribution >= 4 is 17.2 Å². The maximum Gasteiger partial charge on any atom is 0.163 e. The molecule has 0 aromatic heterocycles. The van der Waals surface area contributed by atoms with Crippen LogP contribution >= 0.6 is 11.6 Å². The van der Waals surface area contributed by atoms with Gasteiger partial charge in [-0.1, -0.05) is 30.3 Å². The topological polar surface area (TPSA) is 38.7 Å². The summed E-state index contributed by atoms with van der Waals surface area (Å²) in [6.07, 6.45) is -0.477. The van der Waals surface area contributed by atoms with E-state index in [4.69, 9.17) is 21.1 Å². The molecule has 0 saturated carbocycles. The molecular formula is C15H19ClO3. The molecule has 0 unspecified atom stereocenters. The van der Waals surface area contributed by atoms with Crippen molar-refractivity contribution in [1.29, 1.82) is 0 Å². The SMILES string of the molecule is C=C(C[C@H](O)[C@H]1COC(C)(C)O1)c1ccc(Cl)cc1. The lowest BCUT2D eigenvalue weighted by molar-refractivity contribution is -0.150. The van der Waals surface area contributed by atoms with Gasteiger partial charge in [-0.05, 0) is 37.1 Å². The van der Waals surface area contributed by atoms with E-state index in [9.17, 15) is 5.11 Å². The van der Waals surface area contributed by atoms with E-state index in [-0.39, 0.29) is 6.10 Å². The maximum absolute atomic E-state index is 10.2. The molecule has 1 saturated heterocycles. The van der Waals surface area contributed by atoms with Crippen LogP contribution in [0, 0.1) is 0 Å². The zero-order chi connectivity index (χ0) is 14.0. The second-order valence-corrected chi connectivity index (χ2v) is 5.69. The number of ether oxygens (including phenoxy) is 2. The molecule has 19 heavy (non-hydrogen) atoms. The first-order chi connectivity index (χ1) is 8.87. The fourth-order valence-electron chi connectivity index (χ4n) is 2.09. The van der Waals surface area contributed by atoms with Crippen LogP contribution in [0.3, 0.4) is 0 Å². The Bertz CT molecular complexity index is 453. The highest BCUT2D eigenvalue weighted by Crippen LogP contribution is 2.28. The second kappa shape index (κ2) is 5.63. The Kier molecular flexibility index (Phi) is 4.31. The van der Waals surface area contributed by atoms with Gasteiger partial charge in [-0.15, -0.1) is 0 Å². The van der Waals surface area contributed by atoms with E-state index in [1.807, 2.05) is 38.1 Å². The van der Waals surface area contributed by atoms with Crippen LogP contribution in [0.4, 0.5) is 0 Å². The van der Waals surface area contributed by atoms with Crippen molar-refractivity contribution in [3.8, 4) is 0 Å². The van der Waals surface area contributed by atoms with E-state index in [0.717, 1.165) is 11.1 Å². The fraction of sp³-hybridized carbons (Fsp3) is 0.467. The summed E-state index contributed by atoms with van der Waals surface area (Å²) in [6, 6.07) is 7.42. The van der Waals surface area contributed by atoms with Gasteiger partial charge in [0.25, 0.3) is 0 Å². The van der Waals surface area contributed by atoms with Crippen LogP contribution in [0.2, 0.25) is 5.02 Å². The Morgan fingerprint density at radius 3 is 2.63 bits per heavy atom. The van der Waals surface area contributed by atoms with E-state index >= 15 is 0 Å². The Hall–Kier alpha value is -0.870. The van der Waals surface area contributed by atoms with E-state index in [1.165, 1.54) is 0 Å². The van der Waals surface area contributed by atoms with Crippen molar-refractivity contribution < 1.29 is 14.6 Å². The Morgan fingerprint density at radius 1 is 1.47 bits per heavy atom. The second-order valence-electron chi connectivity index (χ2n) is 5.25. The predicted octanol–water partition coefficient (Wildman–Crippen LogP) is 3.26. The quantitative estimate of drug-likeness (QED) is 0.921. The molecule has 1 aromatic rings. The number of halogens is 1. The third kappa shape index (κ3) is 3.80. The maximum atomic E-state index is 10.2. The zero-order valence-electron chi connectivity index (χ0n) is 11.2. The predicted molar refractivity (Wildman–Crippen MR) is 76.0 cm³/mol. The van der Waals surface area contributed by atoms with Crippen molar-refractivity contribution in [3.05, 3.63) is 41.4 Å². The van der Waals surface area contributed by atoms with Crippen LogP contribution in [0.25, 0.3) is 5.57 Å². The first-order valence-electron chi connectivity index (χ1n) is 6.31. The third-order valence-corrected chi connectivity index (χ3v) is 3.42. The number of aliphatic hydroxyl groups excluding tert-OH is 1. The van der Waals surface area contributed by atoms with Gasteiger partial charge in [-0.2, -0.15) is 0 Å². The minimum Gasteiger partial charge on any atom is -0.390 e. The van der Waals surface area contributed by atoms with E-state index < -0.39 is 11.9 Å². The van der Waals surface area contributed by atoms with Crippen LogP contribution < -0.4 is 0 Å². The van der Waals surface area contributed by atoms with Crippen LogP contribution in [0.15, 0.2) is 30.8 Å². The van der Waals surface area contributed by atoms with Crippen LogP contribution in [0.1, 0.15) is 25.8 Å². The lowest BCUT2D eigenvalue weighted by Gasteiger charge is -2.21. The van der Waals surface area contributed by atoms with E-state index in [1.54, 1.807) is 0 Å². The summed E-state index contributed by atoms with van der Waals surface area (Å²) in [4.78, 5) is 0. The molecule has 0 radical (unpaired) electrons. The Labute approximate surface area is 118 Å². The number of aliphatic hydroxyl groups is 1. The molecule has 1 N–H and O–H groups in total. The molecule has 2 atom stereocenters. The first kappa shape index (κ1) is 14.5. The lowest BCUT2D eigenvalue weighted by Crippen LogP contribution is -2.30. The molecule has 0 amide bonds. The van der Waals surface area contributed by atoms with Gasteiger partial charge >= 0.3 is 0 Å². The summed E-state index contributed by atoms with van der Waals surface area (Å²) in [5.74, 6) is -0.618. The summed E-state index contributed by atoms with van der Waals surface area (Å²) in [7, 11) is 0. The standard InChI is InChI=1S/C15H19ClO3/c1-10(11-4-6-12(16)7-5-11)8-13(17)14-9-18-15(2,3)19-14/h4-7,13-14,17H,1,8-9H2,2-3H3/t13-,14+/m0/s1. The highest BCUT2D eigenvalue weighted by atomic mass is 35.5. The van der Waals surface area contributed by atoms with Gasteiger partial charge in [0.15, 0.2) is 5.79 Å². The van der Waals surface area contributed by atoms with Crippen molar-refractivity contribution in [1.82, 2.24) is 0 Å². The van der Waals surface area contributed by atoms with Crippen LogP contribution in [0.5, 0.6) is 0 Å². The number of benzene rings is 1. The van der Waals surface area contributed by atoms with Crippen LogP contribution in [-0.4, -0.2) is 29.7 Å². The molecule has 1 fully saturated rings. The Balaban J connectivity index is 1.94. The number of rotatable bonds is 4. The van der Waals surface area contributed by atoms with Gasteiger partial charge in [0, 0.05) is 11.4 Å². The normalized spacial score (nSPS) is 23.3. The van der Waals surface area contributed by atoms with Crippen molar-refractivity contribution in [2.75, 3.05) is 6.61 Å². The smallest absolute Gasteiger partial charge is 0.163 e. The van der Waals surface area contributed by atoms with Gasteiger partial charge in [0.2, 0.25) is 0 Å². The van der Waals surface area contributed by atoms with Crippen molar-refractivity contribution in [2.45, 2.75) is 38.3 Å². The van der Waals surface area contributed by atoms with Gasteiger partial charge in [0.05, 0.1) is 12.7 Å². The average Bonchev–Trinajstić information content (AvgIpc) is 2.70. The average molecular weight is 283 g/mol. The van der Waals surface area contributed by atoms with Crippen molar-refractivity contribution in [2.24, 2.45) is 0 Å². The third-order valence-electron chi connectivity index (χ3n) is 3.17. The molecule has 0 bridgehead atoms. The first-order valence-corrected chi connectivity index (χ1v) is 6.69. The molecule has 1 aliphatic rings. The van der Waals surface area contributed by atoms with Gasteiger partial charge in [-0.25, -0.2) is 0 Å². The molecular weight excluding hydrogens is 264 g/mol. The van der Waals surface area contributed by atoms with Gasteiger partial charge in [-0.3, -0.25) is 0 Å². The summed E-state index contributed by atoms with van der Waals surface area (Å²) in [5.41, 5.74) is 1.83. The lowest BCUT2D eigenvalue weighted by atomic mass is 9.99. The Morgan fingerprint density at radius 2 is 2.11 bits per heavy atom. The largest absolute Gasteiger partial charge is 0.390 e.